The van der Waals surface area contributed by atoms with Gasteiger partial charge in [-0.2, -0.15) is 0 Å². The Balaban J connectivity index is 1.68. The Kier molecular flexibility index (Phi) is 4.01. The van der Waals surface area contributed by atoms with Crippen LogP contribution in [0.25, 0.3) is 0 Å². The molecule has 0 aromatic heterocycles. The fourth-order valence-corrected chi connectivity index (χ4v) is 6.15. The number of piperidine rings is 1. The smallest absolute Gasteiger partial charge is 0.221 e. The molecule has 1 saturated carbocycles. The van der Waals surface area contributed by atoms with Crippen LogP contribution in [0.1, 0.15) is 43.2 Å². The van der Waals surface area contributed by atoms with Crippen molar-refractivity contribution in [3.05, 3.63) is 28.3 Å². The number of halogens is 1. The monoisotopic (exact) mass is 390 g/mol. The normalized spacial score (nSPS) is 35.7. The van der Waals surface area contributed by atoms with Gasteiger partial charge < -0.3 is 15.2 Å². The van der Waals surface area contributed by atoms with Crippen LogP contribution < -0.4 is 10.1 Å². The van der Waals surface area contributed by atoms with Gasteiger partial charge in [0.1, 0.15) is 5.75 Å². The topological polar surface area (TPSA) is 61.8 Å². The third-order valence-electron chi connectivity index (χ3n) is 7.43. The van der Waals surface area contributed by atoms with Gasteiger partial charge in [0.15, 0.2) is 0 Å². The minimum atomic E-state index is -0.912. The van der Waals surface area contributed by atoms with Crippen LogP contribution in [0.2, 0.25) is 5.02 Å². The van der Waals surface area contributed by atoms with Crippen LogP contribution in [0.3, 0.4) is 0 Å². The van der Waals surface area contributed by atoms with E-state index in [0.717, 1.165) is 43.0 Å². The fourth-order valence-electron chi connectivity index (χ4n) is 5.89. The predicted molar refractivity (Wildman–Crippen MR) is 103 cm³/mol. The van der Waals surface area contributed by atoms with Crippen LogP contribution in [0.15, 0.2) is 12.1 Å². The summed E-state index contributed by atoms with van der Waals surface area (Å²) in [6.45, 7) is 2.52. The molecule has 6 heteroatoms. The summed E-state index contributed by atoms with van der Waals surface area (Å²) in [5.74, 6) is 1.42. The molecular formula is C21H27ClN2O3. The van der Waals surface area contributed by atoms with E-state index in [1.165, 1.54) is 12.8 Å². The fraction of sp³-hybridized carbons (Fsp3) is 0.667. The van der Waals surface area contributed by atoms with Crippen LogP contribution >= 0.6 is 11.6 Å². The molecule has 3 atom stereocenters. The second-order valence-electron chi connectivity index (χ2n) is 8.84. The molecule has 3 fully saturated rings. The molecule has 0 unspecified atom stereocenters. The number of aliphatic hydroxyl groups is 1. The van der Waals surface area contributed by atoms with E-state index in [9.17, 15) is 9.90 Å². The molecule has 2 aliphatic carbocycles. The van der Waals surface area contributed by atoms with E-state index in [1.807, 2.05) is 12.1 Å². The van der Waals surface area contributed by atoms with Crippen molar-refractivity contribution in [3.63, 3.8) is 0 Å². The summed E-state index contributed by atoms with van der Waals surface area (Å²) in [5.41, 5.74) is 0.742. The molecule has 27 heavy (non-hydrogen) atoms. The molecule has 5 rings (SSSR count). The molecule has 2 N–H and O–H groups in total. The average Bonchev–Trinajstić information content (AvgIpc) is 3.44. The van der Waals surface area contributed by atoms with Crippen LogP contribution in [0.5, 0.6) is 5.75 Å². The molecule has 5 nitrogen and oxygen atoms in total. The lowest BCUT2D eigenvalue weighted by molar-refractivity contribution is -0.153. The third kappa shape index (κ3) is 2.55. The van der Waals surface area contributed by atoms with Gasteiger partial charge in [0.25, 0.3) is 0 Å². The van der Waals surface area contributed by atoms with E-state index in [-0.39, 0.29) is 11.9 Å². The molecule has 2 saturated heterocycles. The maximum absolute atomic E-state index is 12.6. The Morgan fingerprint density at radius 3 is 2.93 bits per heavy atom. The number of rotatable bonds is 3. The second-order valence-corrected chi connectivity index (χ2v) is 9.24. The minimum Gasteiger partial charge on any atom is -0.495 e. The summed E-state index contributed by atoms with van der Waals surface area (Å²) in [4.78, 5) is 15.1. The number of hydrogen-bond donors (Lipinski definition) is 2. The molecule has 146 valence electrons. The molecule has 0 spiro atoms. The molecule has 2 bridgehead atoms. The number of methoxy groups -OCH3 is 1. The summed E-state index contributed by atoms with van der Waals surface area (Å²) < 4.78 is 5.47. The first-order chi connectivity index (χ1) is 13.0. The Hall–Kier alpha value is -1.30. The number of carbonyl (C=O) groups excluding carboxylic acids is 1. The summed E-state index contributed by atoms with van der Waals surface area (Å²) in [6.07, 6.45) is 5.08. The number of nitrogens with zero attached hydrogens (tertiary/aromatic N) is 1. The molecule has 0 radical (unpaired) electrons. The lowest BCUT2D eigenvalue weighted by Crippen LogP contribution is -2.71. The first-order valence-corrected chi connectivity index (χ1v) is 10.4. The van der Waals surface area contributed by atoms with Gasteiger partial charge in [-0.15, -0.1) is 0 Å². The average molecular weight is 391 g/mol. The first-order valence-electron chi connectivity index (χ1n) is 10.1. The Morgan fingerprint density at radius 2 is 2.19 bits per heavy atom. The van der Waals surface area contributed by atoms with Gasteiger partial charge in [-0.25, -0.2) is 0 Å². The summed E-state index contributed by atoms with van der Waals surface area (Å²) in [7, 11) is 1.61. The van der Waals surface area contributed by atoms with Crippen LogP contribution in [-0.4, -0.2) is 54.3 Å². The van der Waals surface area contributed by atoms with E-state index in [4.69, 9.17) is 16.3 Å². The van der Waals surface area contributed by atoms with Crippen LogP contribution in [0.4, 0.5) is 0 Å². The van der Waals surface area contributed by atoms with Gasteiger partial charge >= 0.3 is 0 Å². The number of ether oxygens (including phenoxy) is 1. The van der Waals surface area contributed by atoms with Crippen molar-refractivity contribution >= 4 is 17.5 Å². The number of nitrogens with one attached hydrogen (secondary N) is 1. The van der Waals surface area contributed by atoms with Crippen molar-refractivity contribution < 1.29 is 14.6 Å². The highest BCUT2D eigenvalue weighted by Gasteiger charge is 2.64. The highest BCUT2D eigenvalue weighted by Crippen LogP contribution is 2.57. The first kappa shape index (κ1) is 17.8. The maximum atomic E-state index is 12.6. The summed E-state index contributed by atoms with van der Waals surface area (Å²) >= 11 is 6.44. The molecular weight excluding hydrogens is 364 g/mol. The van der Waals surface area contributed by atoms with Crippen molar-refractivity contribution in [2.24, 2.45) is 5.92 Å². The Bertz CT molecular complexity index is 796. The number of likely N-dealkylation sites (tertiary alicyclic amines) is 1. The SMILES string of the molecule is COc1cc2c(cc1Cl)C[C@H]1N(CC3CC3)CC[C@@]23CC(=O)NCC[C@@]13O. The quantitative estimate of drug-likeness (QED) is 0.831. The number of hydrogen-bond acceptors (Lipinski definition) is 4. The van der Waals surface area contributed by atoms with E-state index in [0.29, 0.717) is 30.2 Å². The second kappa shape index (κ2) is 6.10. The highest BCUT2D eigenvalue weighted by molar-refractivity contribution is 6.32. The zero-order valence-electron chi connectivity index (χ0n) is 15.8. The number of carbonyl (C=O) groups is 1. The zero-order valence-corrected chi connectivity index (χ0v) is 16.5. The molecule has 4 aliphatic rings. The van der Waals surface area contributed by atoms with Crippen LogP contribution in [0, 0.1) is 5.92 Å². The van der Waals surface area contributed by atoms with E-state index in [2.05, 4.69) is 10.2 Å². The summed E-state index contributed by atoms with van der Waals surface area (Å²) in [5, 5.41) is 15.7. The van der Waals surface area contributed by atoms with E-state index >= 15 is 0 Å². The van der Waals surface area contributed by atoms with Gasteiger partial charge in [-0.1, -0.05) is 11.6 Å². The Morgan fingerprint density at radius 1 is 1.37 bits per heavy atom. The van der Waals surface area contributed by atoms with Gasteiger partial charge in [0, 0.05) is 31.0 Å². The van der Waals surface area contributed by atoms with Gasteiger partial charge in [0.05, 0.1) is 17.7 Å². The molecule has 1 amide bonds. The molecule has 1 aromatic rings. The highest BCUT2D eigenvalue weighted by atomic mass is 35.5. The zero-order chi connectivity index (χ0) is 18.8. The number of benzene rings is 1. The minimum absolute atomic E-state index is 0.0297. The van der Waals surface area contributed by atoms with Crippen molar-refractivity contribution in [1.82, 2.24) is 10.2 Å². The van der Waals surface area contributed by atoms with Crippen molar-refractivity contribution in [2.45, 2.75) is 55.6 Å². The number of amides is 1. The standard InChI is InChI=1S/C21H27ClN2O3/c1-27-17-10-15-14(8-16(17)22)9-18-21(26)4-6-23-19(25)11-20(15,21)5-7-24(18)12-13-2-3-13/h8,10,13,18,26H,2-7,9,11-12H2,1H3,(H,23,25)/t18-,20-,21-/m1/s1. The lowest BCUT2D eigenvalue weighted by atomic mass is 9.52. The predicted octanol–water partition coefficient (Wildman–Crippen LogP) is 2.27. The molecule has 1 aromatic carbocycles. The third-order valence-corrected chi connectivity index (χ3v) is 7.73. The van der Waals surface area contributed by atoms with Crippen molar-refractivity contribution in [1.29, 1.82) is 0 Å². The number of fused-ring (bicyclic) bond motifs is 1. The van der Waals surface area contributed by atoms with Crippen molar-refractivity contribution in [3.8, 4) is 5.75 Å². The largest absolute Gasteiger partial charge is 0.495 e. The van der Waals surface area contributed by atoms with E-state index in [1.54, 1.807) is 7.11 Å². The van der Waals surface area contributed by atoms with E-state index < -0.39 is 11.0 Å². The lowest BCUT2D eigenvalue weighted by Gasteiger charge is -2.61. The summed E-state index contributed by atoms with van der Waals surface area (Å²) in [6, 6.07) is 4.01. The van der Waals surface area contributed by atoms with Gasteiger partial charge in [-0.05, 0) is 67.8 Å². The van der Waals surface area contributed by atoms with Gasteiger partial charge in [-0.3, -0.25) is 9.69 Å². The Labute approximate surface area is 165 Å². The molecule has 2 heterocycles. The van der Waals surface area contributed by atoms with Crippen LogP contribution in [-0.2, 0) is 16.6 Å². The van der Waals surface area contributed by atoms with Crippen molar-refractivity contribution in [2.75, 3.05) is 26.7 Å². The molecule has 2 aliphatic heterocycles. The van der Waals surface area contributed by atoms with Gasteiger partial charge in [0.2, 0.25) is 5.91 Å². The maximum Gasteiger partial charge on any atom is 0.221 e.